The molecule has 0 radical (unpaired) electrons. The number of hydrogen-bond acceptors (Lipinski definition) is 2. The van der Waals surface area contributed by atoms with Crippen molar-refractivity contribution in [1.82, 2.24) is 10.2 Å². The van der Waals surface area contributed by atoms with Crippen molar-refractivity contribution in [2.45, 2.75) is 31.8 Å². The Labute approximate surface area is 146 Å². The fourth-order valence-electron chi connectivity index (χ4n) is 3.17. The number of benzene rings is 2. The van der Waals surface area contributed by atoms with E-state index in [0.29, 0.717) is 11.4 Å². The van der Waals surface area contributed by atoms with E-state index >= 15 is 0 Å². The van der Waals surface area contributed by atoms with Crippen LogP contribution >= 0.6 is 11.6 Å². The van der Waals surface area contributed by atoms with Crippen LogP contribution in [0.5, 0.6) is 0 Å². The highest BCUT2D eigenvalue weighted by atomic mass is 35.5. The largest absolute Gasteiger partial charge is 0.325 e. The second-order valence-corrected chi connectivity index (χ2v) is 6.34. The average Bonchev–Trinajstić information content (AvgIpc) is 2.83. The van der Waals surface area contributed by atoms with Crippen molar-refractivity contribution in [2.75, 3.05) is 0 Å². The second-order valence-electron chi connectivity index (χ2n) is 5.93. The first-order chi connectivity index (χ1) is 11.6. The first-order valence-corrected chi connectivity index (χ1v) is 8.39. The van der Waals surface area contributed by atoms with Gasteiger partial charge in [-0.3, -0.25) is 9.69 Å². The summed E-state index contributed by atoms with van der Waals surface area (Å²) < 4.78 is 0. The van der Waals surface area contributed by atoms with Crippen LogP contribution in [0.15, 0.2) is 54.6 Å². The minimum Gasteiger partial charge on any atom is -0.319 e. The summed E-state index contributed by atoms with van der Waals surface area (Å²) in [6.07, 6.45) is 1.33. The van der Waals surface area contributed by atoms with E-state index in [-0.39, 0.29) is 18.5 Å². The summed E-state index contributed by atoms with van der Waals surface area (Å²) in [7, 11) is 0. The van der Waals surface area contributed by atoms with E-state index in [1.54, 1.807) is 6.07 Å². The number of hydrogen-bond donors (Lipinski definition) is 1. The first kappa shape index (κ1) is 16.5. The summed E-state index contributed by atoms with van der Waals surface area (Å²) in [5, 5.41) is 3.47. The highest BCUT2D eigenvalue weighted by molar-refractivity contribution is 6.31. The van der Waals surface area contributed by atoms with Crippen LogP contribution in [0, 0.1) is 0 Å². The second kappa shape index (κ2) is 6.65. The Morgan fingerprint density at radius 3 is 2.38 bits per heavy atom. The number of rotatable bonds is 5. The third-order valence-electron chi connectivity index (χ3n) is 4.35. The van der Waals surface area contributed by atoms with Gasteiger partial charge in [-0.2, -0.15) is 0 Å². The number of carbonyl (C=O) groups excluding carboxylic acids is 2. The van der Waals surface area contributed by atoms with E-state index in [0.717, 1.165) is 17.5 Å². The molecule has 0 saturated carbocycles. The standard InChI is InChI=1S/C19H19ClN2O2/c1-2-12-19(15-9-4-3-5-10-15)17(23)22(18(24)21-19)13-14-8-6-7-11-16(14)20/h3-11H,2,12-13H2,1H3,(H,21,24)/t19-/m0/s1. The van der Waals surface area contributed by atoms with E-state index in [4.69, 9.17) is 11.6 Å². The molecule has 3 rings (SSSR count). The lowest BCUT2D eigenvalue weighted by molar-refractivity contribution is -0.132. The third kappa shape index (κ3) is 2.78. The number of nitrogens with one attached hydrogen (secondary N) is 1. The normalized spacial score (nSPS) is 20.3. The SMILES string of the molecule is CCC[C@@]1(c2ccccc2)NC(=O)N(Cc2ccccc2Cl)C1=O. The van der Waals surface area contributed by atoms with Gasteiger partial charge in [0, 0.05) is 5.02 Å². The van der Waals surface area contributed by atoms with Gasteiger partial charge in [-0.05, 0) is 23.6 Å². The van der Waals surface area contributed by atoms with Crippen molar-refractivity contribution < 1.29 is 9.59 Å². The third-order valence-corrected chi connectivity index (χ3v) is 4.72. The molecule has 2 aromatic carbocycles. The average molecular weight is 343 g/mol. The van der Waals surface area contributed by atoms with Crippen LogP contribution in [0.2, 0.25) is 5.02 Å². The Morgan fingerprint density at radius 2 is 1.71 bits per heavy atom. The zero-order valence-corrected chi connectivity index (χ0v) is 14.2. The maximum Gasteiger partial charge on any atom is 0.325 e. The van der Waals surface area contributed by atoms with E-state index in [1.165, 1.54) is 4.90 Å². The molecule has 2 aromatic rings. The van der Waals surface area contributed by atoms with Crippen molar-refractivity contribution in [3.63, 3.8) is 0 Å². The summed E-state index contributed by atoms with van der Waals surface area (Å²) in [6.45, 7) is 2.17. The smallest absolute Gasteiger partial charge is 0.319 e. The van der Waals surface area contributed by atoms with Crippen LogP contribution in [-0.2, 0) is 16.9 Å². The summed E-state index contributed by atoms with van der Waals surface area (Å²) in [5.41, 5.74) is 0.573. The molecule has 0 bridgehead atoms. The molecule has 1 saturated heterocycles. The molecule has 3 amide bonds. The van der Waals surface area contributed by atoms with Gasteiger partial charge in [0.1, 0.15) is 5.54 Å². The zero-order chi connectivity index (χ0) is 17.2. The molecule has 1 N–H and O–H groups in total. The molecule has 5 heteroatoms. The number of urea groups is 1. The molecule has 0 aromatic heterocycles. The summed E-state index contributed by atoms with van der Waals surface area (Å²) in [4.78, 5) is 26.9. The van der Waals surface area contributed by atoms with Crippen LogP contribution in [0.1, 0.15) is 30.9 Å². The van der Waals surface area contributed by atoms with Crippen LogP contribution in [0.3, 0.4) is 0 Å². The molecule has 1 fully saturated rings. The molecule has 1 aliphatic heterocycles. The van der Waals surface area contributed by atoms with E-state index in [2.05, 4.69) is 5.32 Å². The van der Waals surface area contributed by atoms with Crippen LogP contribution in [0.4, 0.5) is 4.79 Å². The van der Waals surface area contributed by atoms with Crippen molar-refractivity contribution in [2.24, 2.45) is 0 Å². The van der Waals surface area contributed by atoms with Crippen LogP contribution in [-0.4, -0.2) is 16.8 Å². The van der Waals surface area contributed by atoms with Gasteiger partial charge in [0.15, 0.2) is 0 Å². The fourth-order valence-corrected chi connectivity index (χ4v) is 3.37. The molecule has 24 heavy (non-hydrogen) atoms. The molecule has 0 unspecified atom stereocenters. The van der Waals surface area contributed by atoms with E-state index in [9.17, 15) is 9.59 Å². The zero-order valence-electron chi connectivity index (χ0n) is 13.5. The molecular weight excluding hydrogens is 324 g/mol. The van der Waals surface area contributed by atoms with Gasteiger partial charge in [0.05, 0.1) is 6.54 Å². The summed E-state index contributed by atoms with van der Waals surface area (Å²) in [6, 6.07) is 16.3. The van der Waals surface area contributed by atoms with Gasteiger partial charge in [0.2, 0.25) is 0 Å². The number of halogens is 1. The van der Waals surface area contributed by atoms with Gasteiger partial charge in [-0.25, -0.2) is 4.79 Å². The fraction of sp³-hybridized carbons (Fsp3) is 0.263. The Hall–Kier alpha value is -2.33. The molecular formula is C19H19ClN2O2. The molecule has 0 aliphatic carbocycles. The molecule has 1 atom stereocenters. The van der Waals surface area contributed by atoms with Crippen LogP contribution in [0.25, 0.3) is 0 Å². The predicted octanol–water partition coefficient (Wildman–Crippen LogP) is 4.09. The molecule has 124 valence electrons. The Morgan fingerprint density at radius 1 is 1.04 bits per heavy atom. The molecule has 4 nitrogen and oxygen atoms in total. The van der Waals surface area contributed by atoms with E-state index < -0.39 is 5.54 Å². The minimum atomic E-state index is -0.992. The van der Waals surface area contributed by atoms with Gasteiger partial charge < -0.3 is 5.32 Å². The first-order valence-electron chi connectivity index (χ1n) is 8.01. The molecule has 1 heterocycles. The number of amides is 3. The van der Waals surface area contributed by atoms with Gasteiger partial charge >= 0.3 is 6.03 Å². The quantitative estimate of drug-likeness (QED) is 0.832. The highest BCUT2D eigenvalue weighted by Crippen LogP contribution is 2.34. The van der Waals surface area contributed by atoms with Gasteiger partial charge in [-0.1, -0.05) is 73.5 Å². The number of carbonyl (C=O) groups is 2. The Balaban J connectivity index is 1.96. The van der Waals surface area contributed by atoms with Crippen molar-refractivity contribution in [1.29, 1.82) is 0 Å². The topological polar surface area (TPSA) is 49.4 Å². The monoisotopic (exact) mass is 342 g/mol. The Kier molecular flexibility index (Phi) is 4.58. The number of nitrogens with zero attached hydrogens (tertiary/aromatic N) is 1. The van der Waals surface area contributed by atoms with Gasteiger partial charge in [0.25, 0.3) is 5.91 Å². The van der Waals surface area contributed by atoms with E-state index in [1.807, 2.05) is 55.5 Å². The van der Waals surface area contributed by atoms with Crippen molar-refractivity contribution >= 4 is 23.5 Å². The maximum atomic E-state index is 13.1. The lowest BCUT2D eigenvalue weighted by Gasteiger charge is -2.27. The molecule has 1 aliphatic rings. The summed E-state index contributed by atoms with van der Waals surface area (Å²) >= 11 is 6.18. The lowest BCUT2D eigenvalue weighted by atomic mass is 9.85. The lowest BCUT2D eigenvalue weighted by Crippen LogP contribution is -2.43. The van der Waals surface area contributed by atoms with Gasteiger partial charge in [-0.15, -0.1) is 0 Å². The highest BCUT2D eigenvalue weighted by Gasteiger charge is 2.51. The Bertz CT molecular complexity index is 763. The minimum absolute atomic E-state index is 0.169. The van der Waals surface area contributed by atoms with Crippen molar-refractivity contribution in [3.05, 3.63) is 70.7 Å². The van der Waals surface area contributed by atoms with Crippen molar-refractivity contribution in [3.8, 4) is 0 Å². The number of imide groups is 1. The molecule has 0 spiro atoms. The maximum absolute atomic E-state index is 13.1. The van der Waals surface area contributed by atoms with Crippen LogP contribution < -0.4 is 5.32 Å². The summed E-state index contributed by atoms with van der Waals surface area (Å²) in [5.74, 6) is -0.222. The predicted molar refractivity (Wildman–Crippen MR) is 93.6 cm³/mol.